The second kappa shape index (κ2) is 6.24. The van der Waals surface area contributed by atoms with Gasteiger partial charge in [-0.25, -0.2) is 15.0 Å². The van der Waals surface area contributed by atoms with E-state index in [0.717, 1.165) is 27.9 Å². The molecule has 108 valence electrons. The summed E-state index contributed by atoms with van der Waals surface area (Å²) in [5.74, 6) is 0. The van der Waals surface area contributed by atoms with Crippen LogP contribution in [-0.2, 0) is 6.54 Å². The fourth-order valence-electron chi connectivity index (χ4n) is 2.01. The average Bonchev–Trinajstić information content (AvgIpc) is 2.83. The first-order chi connectivity index (χ1) is 10.2. The van der Waals surface area contributed by atoms with Gasteiger partial charge in [0.05, 0.1) is 5.69 Å². The zero-order valence-electron chi connectivity index (χ0n) is 12.0. The first-order valence-corrected chi connectivity index (χ1v) is 7.69. The summed E-state index contributed by atoms with van der Waals surface area (Å²) in [6.45, 7) is 5.05. The van der Waals surface area contributed by atoms with Gasteiger partial charge in [-0.05, 0) is 30.0 Å². The molecule has 0 aliphatic heterocycles. The van der Waals surface area contributed by atoms with Crippen molar-refractivity contribution in [2.24, 2.45) is 0 Å². The van der Waals surface area contributed by atoms with Crippen LogP contribution in [0.15, 0.2) is 53.0 Å². The number of hydrogen-bond donors (Lipinski definition) is 1. The van der Waals surface area contributed by atoms with E-state index in [9.17, 15) is 0 Å². The van der Waals surface area contributed by atoms with Gasteiger partial charge in [0.1, 0.15) is 22.0 Å². The third kappa shape index (κ3) is 3.22. The number of fused-ring (bicyclic) bond motifs is 1. The molecular weight excluding hydrogens is 282 g/mol. The lowest BCUT2D eigenvalue weighted by atomic mass is 10.3. The third-order valence-electron chi connectivity index (χ3n) is 3.03. The van der Waals surface area contributed by atoms with Crippen molar-refractivity contribution in [2.45, 2.75) is 36.5 Å². The standard InChI is InChI=1S/C15H17N5S/c1-11(2)17-9-12-15(21-14-6-7-16-10-18-14)19-13-5-3-4-8-20(12)13/h3-8,10-11,17H,9H2,1-2H3. The van der Waals surface area contributed by atoms with Gasteiger partial charge >= 0.3 is 0 Å². The van der Waals surface area contributed by atoms with Gasteiger partial charge in [-0.2, -0.15) is 0 Å². The van der Waals surface area contributed by atoms with Gasteiger partial charge in [-0.1, -0.05) is 19.9 Å². The van der Waals surface area contributed by atoms with Crippen LogP contribution in [0.2, 0.25) is 0 Å². The highest BCUT2D eigenvalue weighted by atomic mass is 32.2. The molecule has 6 heteroatoms. The van der Waals surface area contributed by atoms with Crippen molar-refractivity contribution < 1.29 is 0 Å². The molecule has 0 saturated carbocycles. The zero-order valence-corrected chi connectivity index (χ0v) is 12.8. The molecule has 0 fully saturated rings. The predicted molar refractivity (Wildman–Crippen MR) is 83.3 cm³/mol. The maximum atomic E-state index is 4.71. The van der Waals surface area contributed by atoms with Crippen molar-refractivity contribution in [1.29, 1.82) is 0 Å². The lowest BCUT2D eigenvalue weighted by molar-refractivity contribution is 0.574. The number of hydrogen-bond acceptors (Lipinski definition) is 5. The Hall–Kier alpha value is -1.92. The molecule has 0 bridgehead atoms. The van der Waals surface area contributed by atoms with Crippen LogP contribution < -0.4 is 5.32 Å². The molecule has 0 spiro atoms. The Kier molecular flexibility index (Phi) is 4.17. The molecule has 5 nitrogen and oxygen atoms in total. The Morgan fingerprint density at radius 3 is 2.95 bits per heavy atom. The highest BCUT2D eigenvalue weighted by Crippen LogP contribution is 2.28. The second-order valence-electron chi connectivity index (χ2n) is 4.98. The van der Waals surface area contributed by atoms with Crippen LogP contribution in [0.25, 0.3) is 5.65 Å². The summed E-state index contributed by atoms with van der Waals surface area (Å²) < 4.78 is 2.12. The van der Waals surface area contributed by atoms with Crippen molar-refractivity contribution in [2.75, 3.05) is 0 Å². The van der Waals surface area contributed by atoms with Gasteiger partial charge in [0, 0.05) is 25.0 Å². The molecular formula is C15H17N5S. The molecule has 3 heterocycles. The molecule has 3 aromatic rings. The Morgan fingerprint density at radius 2 is 2.19 bits per heavy atom. The lowest BCUT2D eigenvalue weighted by Crippen LogP contribution is -2.23. The van der Waals surface area contributed by atoms with Crippen LogP contribution in [0.1, 0.15) is 19.5 Å². The number of nitrogens with one attached hydrogen (secondary N) is 1. The van der Waals surface area contributed by atoms with E-state index in [2.05, 4.69) is 33.5 Å². The van der Waals surface area contributed by atoms with Gasteiger partial charge in [-0.3, -0.25) is 0 Å². The van der Waals surface area contributed by atoms with Crippen LogP contribution in [0.3, 0.4) is 0 Å². The molecule has 3 aromatic heterocycles. The molecule has 0 saturated heterocycles. The van der Waals surface area contributed by atoms with E-state index < -0.39 is 0 Å². The third-order valence-corrected chi connectivity index (χ3v) is 4.00. The van der Waals surface area contributed by atoms with Crippen LogP contribution in [0, 0.1) is 0 Å². The molecule has 1 N–H and O–H groups in total. The maximum Gasteiger partial charge on any atom is 0.138 e. The smallest absolute Gasteiger partial charge is 0.138 e. The summed E-state index contributed by atoms with van der Waals surface area (Å²) in [7, 11) is 0. The van der Waals surface area contributed by atoms with Gasteiger partial charge < -0.3 is 9.72 Å². The first kappa shape index (κ1) is 14.0. The van der Waals surface area contributed by atoms with E-state index in [1.807, 2.05) is 30.5 Å². The van der Waals surface area contributed by atoms with Crippen LogP contribution in [0.5, 0.6) is 0 Å². The van der Waals surface area contributed by atoms with Crippen LogP contribution in [0.4, 0.5) is 0 Å². The quantitative estimate of drug-likeness (QED) is 0.734. The molecule has 21 heavy (non-hydrogen) atoms. The minimum atomic E-state index is 0.427. The summed E-state index contributed by atoms with van der Waals surface area (Å²) in [6.07, 6.45) is 5.35. The summed E-state index contributed by atoms with van der Waals surface area (Å²) >= 11 is 1.57. The van der Waals surface area contributed by atoms with Crippen molar-refractivity contribution in [3.63, 3.8) is 0 Å². The Balaban J connectivity index is 1.97. The van der Waals surface area contributed by atoms with Crippen LogP contribution >= 0.6 is 11.8 Å². The predicted octanol–water partition coefficient (Wildman–Crippen LogP) is 2.77. The normalized spacial score (nSPS) is 11.4. The Morgan fingerprint density at radius 1 is 1.29 bits per heavy atom. The van der Waals surface area contributed by atoms with Gasteiger partial charge in [-0.15, -0.1) is 0 Å². The highest BCUT2D eigenvalue weighted by molar-refractivity contribution is 7.99. The highest BCUT2D eigenvalue weighted by Gasteiger charge is 2.13. The van der Waals surface area contributed by atoms with Crippen molar-refractivity contribution in [1.82, 2.24) is 24.7 Å². The van der Waals surface area contributed by atoms with E-state index in [1.54, 1.807) is 24.3 Å². The first-order valence-electron chi connectivity index (χ1n) is 6.87. The summed E-state index contributed by atoms with van der Waals surface area (Å²) in [5.41, 5.74) is 2.11. The molecule has 0 aliphatic rings. The Labute approximate surface area is 127 Å². The molecule has 0 radical (unpaired) electrons. The number of nitrogens with zero attached hydrogens (tertiary/aromatic N) is 4. The molecule has 0 amide bonds. The molecule has 3 rings (SSSR count). The monoisotopic (exact) mass is 299 g/mol. The van der Waals surface area contributed by atoms with Gasteiger partial charge in [0.15, 0.2) is 0 Å². The maximum absolute atomic E-state index is 4.71. The van der Waals surface area contributed by atoms with E-state index >= 15 is 0 Å². The fourth-order valence-corrected chi connectivity index (χ4v) is 2.86. The molecule has 0 atom stereocenters. The topological polar surface area (TPSA) is 55.1 Å². The van der Waals surface area contributed by atoms with Crippen molar-refractivity contribution in [3.05, 3.63) is 48.7 Å². The summed E-state index contributed by atoms with van der Waals surface area (Å²) in [6, 6.07) is 8.36. The number of imidazole rings is 1. The summed E-state index contributed by atoms with van der Waals surface area (Å²) in [5, 5.41) is 5.34. The fraction of sp³-hybridized carbons (Fsp3) is 0.267. The molecule has 0 aromatic carbocycles. The Bertz CT molecular complexity index is 723. The van der Waals surface area contributed by atoms with Crippen molar-refractivity contribution in [3.8, 4) is 0 Å². The van der Waals surface area contributed by atoms with Gasteiger partial charge in [0.2, 0.25) is 0 Å². The van der Waals surface area contributed by atoms with Gasteiger partial charge in [0.25, 0.3) is 0 Å². The number of rotatable bonds is 5. The average molecular weight is 299 g/mol. The number of aromatic nitrogens is 4. The zero-order chi connectivity index (χ0) is 14.7. The van der Waals surface area contributed by atoms with Crippen molar-refractivity contribution >= 4 is 17.4 Å². The van der Waals surface area contributed by atoms with E-state index in [4.69, 9.17) is 4.98 Å². The van der Waals surface area contributed by atoms with E-state index in [-0.39, 0.29) is 0 Å². The second-order valence-corrected chi connectivity index (χ2v) is 5.99. The minimum Gasteiger partial charge on any atom is -0.309 e. The molecule has 0 aliphatic carbocycles. The SMILES string of the molecule is CC(C)NCc1c(Sc2ccncn2)nc2ccccn12. The lowest BCUT2D eigenvalue weighted by Gasteiger charge is -2.09. The largest absolute Gasteiger partial charge is 0.309 e. The van der Waals surface area contributed by atoms with Crippen LogP contribution in [-0.4, -0.2) is 25.4 Å². The van der Waals surface area contributed by atoms with E-state index in [1.165, 1.54) is 0 Å². The number of pyridine rings is 1. The minimum absolute atomic E-state index is 0.427. The summed E-state index contributed by atoms with van der Waals surface area (Å²) in [4.78, 5) is 12.9. The van der Waals surface area contributed by atoms with E-state index in [0.29, 0.717) is 6.04 Å². The molecule has 0 unspecified atom stereocenters.